The van der Waals surface area contributed by atoms with E-state index in [-0.39, 0.29) is 5.23 Å². The fourth-order valence-electron chi connectivity index (χ4n) is 1.09. The molecule has 0 bridgehead atoms. The van der Waals surface area contributed by atoms with Gasteiger partial charge in [-0.05, 0) is 19.1 Å². The van der Waals surface area contributed by atoms with Gasteiger partial charge in [0.05, 0.1) is 5.41 Å². The van der Waals surface area contributed by atoms with Gasteiger partial charge in [-0.3, -0.25) is 0 Å². The van der Waals surface area contributed by atoms with Crippen molar-refractivity contribution < 1.29 is 13.2 Å². The van der Waals surface area contributed by atoms with E-state index >= 15 is 0 Å². The fourth-order valence-corrected chi connectivity index (χ4v) is 1.85. The summed E-state index contributed by atoms with van der Waals surface area (Å²) in [6.45, 7) is 1.94. The Hall–Kier alpha value is -1.62. The standard InChI is InChI=1S/C10H9NO3S/c1-8-2-4-9(5-3-8)14-10-11-6-7-15(10,12)13/h2-7H,1H3. The van der Waals surface area contributed by atoms with Gasteiger partial charge in [0.2, 0.25) is 0 Å². The zero-order valence-electron chi connectivity index (χ0n) is 8.04. The average Bonchev–Trinajstić information content (AvgIpc) is 2.50. The molecule has 1 aromatic carbocycles. The van der Waals surface area contributed by atoms with Crippen LogP contribution >= 0.6 is 0 Å². The van der Waals surface area contributed by atoms with Crippen LogP contribution in [-0.4, -0.2) is 13.6 Å². The van der Waals surface area contributed by atoms with Gasteiger partial charge in [-0.2, -0.15) is 0 Å². The highest BCUT2D eigenvalue weighted by molar-refractivity contribution is 8.08. The van der Waals surface area contributed by atoms with Gasteiger partial charge >= 0.3 is 5.23 Å². The van der Waals surface area contributed by atoms with Crippen molar-refractivity contribution in [3.63, 3.8) is 0 Å². The summed E-state index contributed by atoms with van der Waals surface area (Å²) in [7, 11) is -3.45. The van der Waals surface area contributed by atoms with Crippen LogP contribution in [-0.2, 0) is 9.84 Å². The monoisotopic (exact) mass is 223 g/mol. The number of nitrogens with zero attached hydrogens (tertiary/aromatic N) is 1. The average molecular weight is 223 g/mol. The van der Waals surface area contributed by atoms with E-state index in [9.17, 15) is 8.42 Å². The lowest BCUT2D eigenvalue weighted by molar-refractivity contribution is 0.550. The second-order valence-corrected chi connectivity index (χ2v) is 4.85. The van der Waals surface area contributed by atoms with E-state index in [0.717, 1.165) is 11.0 Å². The van der Waals surface area contributed by atoms with Crippen LogP contribution in [0.15, 0.2) is 40.9 Å². The first-order valence-electron chi connectivity index (χ1n) is 4.32. The number of hydrogen-bond donors (Lipinski definition) is 0. The summed E-state index contributed by atoms with van der Waals surface area (Å²) < 4.78 is 27.7. The van der Waals surface area contributed by atoms with Crippen molar-refractivity contribution in [1.29, 1.82) is 0 Å². The molecule has 0 fully saturated rings. The van der Waals surface area contributed by atoms with Gasteiger partial charge in [0.15, 0.2) is 0 Å². The normalized spacial score (nSPS) is 17.5. The number of aliphatic imine (C=N–C) groups is 1. The lowest BCUT2D eigenvalue weighted by Gasteiger charge is -2.03. The van der Waals surface area contributed by atoms with Crippen molar-refractivity contribution in [2.45, 2.75) is 6.92 Å². The molecule has 0 atom stereocenters. The quantitative estimate of drug-likeness (QED) is 0.727. The number of ether oxygens (including phenoxy) is 1. The summed E-state index contributed by atoms with van der Waals surface area (Å²) in [5.74, 6) is 0.464. The molecule has 0 amide bonds. The molecule has 1 aliphatic heterocycles. The zero-order chi connectivity index (χ0) is 10.9. The molecular weight excluding hydrogens is 214 g/mol. The van der Waals surface area contributed by atoms with Crippen molar-refractivity contribution in [1.82, 2.24) is 0 Å². The summed E-state index contributed by atoms with van der Waals surface area (Å²) >= 11 is 0. The highest BCUT2D eigenvalue weighted by Gasteiger charge is 2.22. The number of benzene rings is 1. The second kappa shape index (κ2) is 3.51. The minimum atomic E-state index is -3.45. The molecule has 1 aliphatic rings. The summed E-state index contributed by atoms with van der Waals surface area (Å²) in [6, 6.07) is 7.08. The Morgan fingerprint density at radius 3 is 2.40 bits per heavy atom. The molecule has 4 nitrogen and oxygen atoms in total. The molecule has 15 heavy (non-hydrogen) atoms. The van der Waals surface area contributed by atoms with E-state index < -0.39 is 9.84 Å². The smallest absolute Gasteiger partial charge is 0.319 e. The number of hydrogen-bond acceptors (Lipinski definition) is 4. The minimum absolute atomic E-state index is 0.272. The predicted molar refractivity (Wildman–Crippen MR) is 57.3 cm³/mol. The van der Waals surface area contributed by atoms with Crippen molar-refractivity contribution >= 4 is 15.1 Å². The molecular formula is C10H9NO3S. The maximum atomic E-state index is 11.3. The third-order valence-electron chi connectivity index (χ3n) is 1.89. The van der Waals surface area contributed by atoms with Gasteiger partial charge < -0.3 is 4.74 Å². The van der Waals surface area contributed by atoms with Crippen molar-refractivity contribution in [3.05, 3.63) is 41.4 Å². The molecule has 0 radical (unpaired) electrons. The van der Waals surface area contributed by atoms with E-state index in [1.54, 1.807) is 12.1 Å². The van der Waals surface area contributed by atoms with Gasteiger partial charge in [-0.15, -0.1) is 0 Å². The fraction of sp³-hybridized carbons (Fsp3) is 0.100. The summed E-state index contributed by atoms with van der Waals surface area (Å²) in [6.07, 6.45) is 1.21. The summed E-state index contributed by atoms with van der Waals surface area (Å²) in [5, 5.41) is 0.739. The Morgan fingerprint density at radius 2 is 1.87 bits per heavy atom. The molecule has 0 aliphatic carbocycles. The molecule has 0 N–H and O–H groups in total. The van der Waals surface area contributed by atoms with Crippen molar-refractivity contribution in [2.24, 2.45) is 4.99 Å². The van der Waals surface area contributed by atoms with Gasteiger partial charge in [-0.25, -0.2) is 13.4 Å². The number of aryl methyl sites for hydroxylation is 1. The van der Waals surface area contributed by atoms with E-state index in [0.29, 0.717) is 5.75 Å². The molecule has 1 heterocycles. The predicted octanol–water partition coefficient (Wildman–Crippen LogP) is 1.63. The van der Waals surface area contributed by atoms with Gasteiger partial charge in [-0.1, -0.05) is 17.7 Å². The third kappa shape index (κ3) is 2.07. The molecule has 0 saturated heterocycles. The molecule has 2 rings (SSSR count). The molecule has 0 saturated carbocycles. The van der Waals surface area contributed by atoms with Crippen molar-refractivity contribution in [2.75, 3.05) is 0 Å². The Bertz CT molecular complexity index is 526. The van der Waals surface area contributed by atoms with Crippen LogP contribution in [0.5, 0.6) is 5.75 Å². The van der Waals surface area contributed by atoms with Crippen molar-refractivity contribution in [3.8, 4) is 5.75 Å². The third-order valence-corrected chi connectivity index (χ3v) is 3.05. The Morgan fingerprint density at radius 1 is 1.20 bits per heavy atom. The van der Waals surface area contributed by atoms with Crippen LogP contribution in [0.3, 0.4) is 0 Å². The molecule has 0 aromatic heterocycles. The molecule has 0 spiro atoms. The minimum Gasteiger partial charge on any atom is -0.430 e. The number of sulfone groups is 1. The van der Waals surface area contributed by atoms with Gasteiger partial charge in [0, 0.05) is 6.20 Å². The second-order valence-electron chi connectivity index (χ2n) is 3.14. The highest BCUT2D eigenvalue weighted by atomic mass is 32.2. The molecule has 0 unspecified atom stereocenters. The van der Waals surface area contributed by atoms with Crippen LogP contribution in [0, 0.1) is 6.92 Å². The van der Waals surface area contributed by atoms with E-state index in [2.05, 4.69) is 4.99 Å². The molecule has 5 heteroatoms. The van der Waals surface area contributed by atoms with E-state index in [4.69, 9.17) is 4.74 Å². The SMILES string of the molecule is Cc1ccc(OC2=NC=CS2(=O)=O)cc1. The maximum Gasteiger partial charge on any atom is 0.319 e. The van der Waals surface area contributed by atoms with Crippen LogP contribution < -0.4 is 4.74 Å². The van der Waals surface area contributed by atoms with E-state index in [1.165, 1.54) is 6.20 Å². The van der Waals surface area contributed by atoms with Gasteiger partial charge in [0.25, 0.3) is 9.84 Å². The van der Waals surface area contributed by atoms with Crippen LogP contribution in [0.25, 0.3) is 0 Å². The maximum absolute atomic E-state index is 11.3. The highest BCUT2D eigenvalue weighted by Crippen LogP contribution is 2.15. The Labute approximate surface area is 87.8 Å². The van der Waals surface area contributed by atoms with Gasteiger partial charge in [0.1, 0.15) is 5.75 Å². The van der Waals surface area contributed by atoms with Crippen LogP contribution in [0.1, 0.15) is 5.56 Å². The molecule has 78 valence electrons. The Kier molecular flexibility index (Phi) is 2.32. The summed E-state index contributed by atoms with van der Waals surface area (Å²) in [5.41, 5.74) is 1.08. The summed E-state index contributed by atoms with van der Waals surface area (Å²) in [4.78, 5) is 3.63. The van der Waals surface area contributed by atoms with Crippen LogP contribution in [0.4, 0.5) is 0 Å². The first-order valence-corrected chi connectivity index (χ1v) is 5.86. The topological polar surface area (TPSA) is 55.7 Å². The lowest BCUT2D eigenvalue weighted by Crippen LogP contribution is -2.15. The first-order chi connectivity index (χ1) is 7.08. The zero-order valence-corrected chi connectivity index (χ0v) is 8.86. The van der Waals surface area contributed by atoms with E-state index in [1.807, 2.05) is 19.1 Å². The van der Waals surface area contributed by atoms with Crippen LogP contribution in [0.2, 0.25) is 0 Å². The largest absolute Gasteiger partial charge is 0.430 e. The lowest BCUT2D eigenvalue weighted by atomic mass is 10.2. The molecule has 1 aromatic rings. The first kappa shape index (κ1) is 9.92. The number of rotatable bonds is 1. The Balaban J connectivity index is 2.21.